The van der Waals surface area contributed by atoms with Gasteiger partial charge in [-0.2, -0.15) is 0 Å². The first-order valence-corrected chi connectivity index (χ1v) is 7.22. The number of piperidine rings is 1. The standard InChI is InChI=1S/C15H21F2N3/c1-19-4-2-11(3-5-19)20-9-13-12(15(20)8-18)6-10(16)7-14(13)17/h6-7,11,15H,2-5,8-9,18H2,1H3. The van der Waals surface area contributed by atoms with Crippen molar-refractivity contribution in [2.24, 2.45) is 5.73 Å². The third kappa shape index (κ3) is 2.34. The maximum atomic E-state index is 13.9. The molecule has 0 aliphatic carbocycles. The topological polar surface area (TPSA) is 32.5 Å². The molecule has 0 radical (unpaired) electrons. The molecule has 110 valence electrons. The van der Waals surface area contributed by atoms with Crippen LogP contribution in [0.4, 0.5) is 8.78 Å². The van der Waals surface area contributed by atoms with Crippen LogP contribution in [0.1, 0.15) is 30.0 Å². The lowest BCUT2D eigenvalue weighted by Crippen LogP contribution is -2.44. The molecule has 2 N–H and O–H groups in total. The van der Waals surface area contributed by atoms with E-state index < -0.39 is 11.6 Å². The largest absolute Gasteiger partial charge is 0.329 e. The summed E-state index contributed by atoms with van der Waals surface area (Å²) in [5, 5.41) is 0. The third-order valence-electron chi connectivity index (χ3n) is 4.68. The van der Waals surface area contributed by atoms with Crippen LogP contribution < -0.4 is 5.73 Å². The second-order valence-corrected chi connectivity index (χ2v) is 5.91. The zero-order chi connectivity index (χ0) is 14.3. The second-order valence-electron chi connectivity index (χ2n) is 5.91. The Bertz CT molecular complexity index is 498. The fourth-order valence-corrected chi connectivity index (χ4v) is 3.53. The molecule has 3 rings (SSSR count). The van der Waals surface area contributed by atoms with Gasteiger partial charge in [-0.1, -0.05) is 0 Å². The maximum absolute atomic E-state index is 13.9. The quantitative estimate of drug-likeness (QED) is 0.898. The molecule has 0 saturated carbocycles. The lowest BCUT2D eigenvalue weighted by molar-refractivity contribution is 0.0904. The van der Waals surface area contributed by atoms with Crippen molar-refractivity contribution < 1.29 is 8.78 Å². The van der Waals surface area contributed by atoms with Crippen molar-refractivity contribution in [2.45, 2.75) is 31.5 Å². The number of nitrogens with two attached hydrogens (primary N) is 1. The Labute approximate surface area is 118 Å². The number of likely N-dealkylation sites (tertiary alicyclic amines) is 1. The molecule has 3 nitrogen and oxygen atoms in total. The maximum Gasteiger partial charge on any atom is 0.130 e. The first kappa shape index (κ1) is 13.9. The van der Waals surface area contributed by atoms with Crippen LogP contribution in [-0.2, 0) is 6.54 Å². The predicted molar refractivity (Wildman–Crippen MR) is 74.2 cm³/mol. The Hall–Kier alpha value is -1.04. The van der Waals surface area contributed by atoms with Crippen molar-refractivity contribution in [3.8, 4) is 0 Å². The van der Waals surface area contributed by atoms with Gasteiger partial charge < -0.3 is 10.6 Å². The van der Waals surface area contributed by atoms with E-state index in [1.54, 1.807) is 0 Å². The van der Waals surface area contributed by atoms with E-state index in [4.69, 9.17) is 5.73 Å². The van der Waals surface area contributed by atoms with Crippen LogP contribution >= 0.6 is 0 Å². The van der Waals surface area contributed by atoms with Gasteiger partial charge in [0.15, 0.2) is 0 Å². The van der Waals surface area contributed by atoms with Gasteiger partial charge in [-0.25, -0.2) is 8.78 Å². The van der Waals surface area contributed by atoms with Crippen molar-refractivity contribution in [1.82, 2.24) is 9.80 Å². The molecule has 2 aliphatic heterocycles. The van der Waals surface area contributed by atoms with Gasteiger partial charge in [-0.3, -0.25) is 4.90 Å². The summed E-state index contributed by atoms with van der Waals surface area (Å²) in [6, 6.07) is 2.79. The molecule has 0 bridgehead atoms. The Morgan fingerprint density at radius 2 is 1.95 bits per heavy atom. The highest BCUT2D eigenvalue weighted by molar-refractivity contribution is 5.36. The minimum atomic E-state index is -0.509. The van der Waals surface area contributed by atoms with Crippen molar-refractivity contribution in [2.75, 3.05) is 26.7 Å². The molecule has 1 saturated heterocycles. The second kappa shape index (κ2) is 5.39. The first-order chi connectivity index (χ1) is 9.60. The highest BCUT2D eigenvalue weighted by Crippen LogP contribution is 2.38. The lowest BCUT2D eigenvalue weighted by Gasteiger charge is -2.38. The van der Waals surface area contributed by atoms with Crippen molar-refractivity contribution in [1.29, 1.82) is 0 Å². The Morgan fingerprint density at radius 1 is 1.25 bits per heavy atom. The number of benzene rings is 1. The van der Waals surface area contributed by atoms with Crippen LogP contribution in [0, 0.1) is 11.6 Å². The van der Waals surface area contributed by atoms with Gasteiger partial charge in [0.2, 0.25) is 0 Å². The minimum Gasteiger partial charge on any atom is -0.329 e. The van der Waals surface area contributed by atoms with Gasteiger partial charge in [-0.15, -0.1) is 0 Å². The van der Waals surface area contributed by atoms with Gasteiger partial charge in [0.25, 0.3) is 0 Å². The van der Waals surface area contributed by atoms with E-state index in [0.29, 0.717) is 24.7 Å². The fourth-order valence-electron chi connectivity index (χ4n) is 3.53. The Balaban J connectivity index is 1.87. The Kier molecular flexibility index (Phi) is 3.75. The van der Waals surface area contributed by atoms with Gasteiger partial charge >= 0.3 is 0 Å². The van der Waals surface area contributed by atoms with Crippen LogP contribution in [0.2, 0.25) is 0 Å². The van der Waals surface area contributed by atoms with Gasteiger partial charge in [0.05, 0.1) is 0 Å². The molecular weight excluding hydrogens is 260 g/mol. The zero-order valence-corrected chi connectivity index (χ0v) is 11.8. The van der Waals surface area contributed by atoms with E-state index in [1.165, 1.54) is 6.07 Å². The number of nitrogens with zero attached hydrogens (tertiary/aromatic N) is 2. The van der Waals surface area contributed by atoms with E-state index in [0.717, 1.165) is 37.6 Å². The van der Waals surface area contributed by atoms with Crippen molar-refractivity contribution >= 4 is 0 Å². The van der Waals surface area contributed by atoms with E-state index in [2.05, 4.69) is 16.8 Å². The molecule has 1 aromatic carbocycles. The molecule has 0 spiro atoms. The highest BCUT2D eigenvalue weighted by Gasteiger charge is 2.36. The van der Waals surface area contributed by atoms with Crippen molar-refractivity contribution in [3.63, 3.8) is 0 Å². The fraction of sp³-hybridized carbons (Fsp3) is 0.600. The van der Waals surface area contributed by atoms with Gasteiger partial charge in [0.1, 0.15) is 11.6 Å². The molecule has 2 aliphatic rings. The molecule has 1 fully saturated rings. The van der Waals surface area contributed by atoms with Crippen LogP contribution in [0.25, 0.3) is 0 Å². The molecule has 1 aromatic rings. The monoisotopic (exact) mass is 281 g/mol. The highest BCUT2D eigenvalue weighted by atomic mass is 19.1. The Morgan fingerprint density at radius 3 is 2.60 bits per heavy atom. The normalized spacial score (nSPS) is 25.1. The number of hydrogen-bond donors (Lipinski definition) is 1. The van der Waals surface area contributed by atoms with Crippen LogP contribution in [0.15, 0.2) is 12.1 Å². The van der Waals surface area contributed by atoms with Crippen LogP contribution in [0.5, 0.6) is 0 Å². The molecule has 0 aromatic heterocycles. The molecule has 5 heteroatoms. The van der Waals surface area contributed by atoms with E-state index in [1.807, 2.05) is 0 Å². The SMILES string of the molecule is CN1CCC(N2Cc3c(F)cc(F)cc3C2CN)CC1. The smallest absolute Gasteiger partial charge is 0.130 e. The van der Waals surface area contributed by atoms with E-state index >= 15 is 0 Å². The molecule has 1 atom stereocenters. The average Bonchev–Trinajstić information content (AvgIpc) is 2.78. The van der Waals surface area contributed by atoms with E-state index in [-0.39, 0.29) is 6.04 Å². The number of hydrogen-bond acceptors (Lipinski definition) is 3. The minimum absolute atomic E-state index is 0.0522. The zero-order valence-electron chi connectivity index (χ0n) is 11.8. The van der Waals surface area contributed by atoms with Gasteiger partial charge in [0, 0.05) is 36.8 Å². The molecule has 20 heavy (non-hydrogen) atoms. The summed E-state index contributed by atoms with van der Waals surface area (Å²) in [6.45, 7) is 3.05. The number of halogens is 2. The average molecular weight is 281 g/mol. The summed E-state index contributed by atoms with van der Waals surface area (Å²) in [4.78, 5) is 4.57. The predicted octanol–water partition coefficient (Wildman–Crippen LogP) is 1.87. The first-order valence-electron chi connectivity index (χ1n) is 7.22. The molecule has 0 amide bonds. The van der Waals surface area contributed by atoms with E-state index in [9.17, 15) is 8.78 Å². The summed E-state index contributed by atoms with van der Waals surface area (Å²) in [5.41, 5.74) is 7.24. The molecular formula is C15H21F2N3. The summed E-state index contributed by atoms with van der Waals surface area (Å²) in [5.74, 6) is -0.946. The summed E-state index contributed by atoms with van der Waals surface area (Å²) in [6.07, 6.45) is 2.12. The molecule has 2 heterocycles. The molecule has 1 unspecified atom stereocenters. The van der Waals surface area contributed by atoms with Gasteiger partial charge in [-0.05, 0) is 44.6 Å². The summed E-state index contributed by atoms with van der Waals surface area (Å²) < 4.78 is 27.4. The lowest BCUT2D eigenvalue weighted by atomic mass is 10.0. The van der Waals surface area contributed by atoms with Crippen LogP contribution in [0.3, 0.4) is 0 Å². The number of fused-ring (bicyclic) bond motifs is 1. The third-order valence-corrected chi connectivity index (χ3v) is 4.68. The number of rotatable bonds is 2. The summed E-state index contributed by atoms with van der Waals surface area (Å²) in [7, 11) is 2.12. The summed E-state index contributed by atoms with van der Waals surface area (Å²) >= 11 is 0. The van der Waals surface area contributed by atoms with Crippen molar-refractivity contribution in [3.05, 3.63) is 34.9 Å². The van der Waals surface area contributed by atoms with Crippen LogP contribution in [-0.4, -0.2) is 42.5 Å².